The summed E-state index contributed by atoms with van der Waals surface area (Å²) in [6.07, 6.45) is 3.58. The standard InChI is InChI=1S/C16H23NO/c1-12(2)15-5-4-10-17-16(15)11-13-6-8-14(18-3)9-7-13/h6-9,16-17H,4-5,10-11H2,1-3H3/t16-/m1/s1. The maximum Gasteiger partial charge on any atom is 0.118 e. The number of allylic oxidation sites excluding steroid dienone is 1. The molecule has 2 heteroatoms. The number of piperidine rings is 1. The molecule has 1 fully saturated rings. The third-order valence-electron chi connectivity index (χ3n) is 3.68. The maximum atomic E-state index is 5.19. The van der Waals surface area contributed by atoms with Gasteiger partial charge in [-0.05, 0) is 57.4 Å². The molecule has 1 saturated heterocycles. The molecule has 0 aromatic heterocycles. The summed E-state index contributed by atoms with van der Waals surface area (Å²) in [4.78, 5) is 0. The van der Waals surface area contributed by atoms with Gasteiger partial charge in [0.1, 0.15) is 5.75 Å². The molecule has 0 bridgehead atoms. The van der Waals surface area contributed by atoms with Gasteiger partial charge in [0.25, 0.3) is 0 Å². The largest absolute Gasteiger partial charge is 0.497 e. The summed E-state index contributed by atoms with van der Waals surface area (Å²) in [5.74, 6) is 0.929. The van der Waals surface area contributed by atoms with Crippen LogP contribution in [0.25, 0.3) is 0 Å². The van der Waals surface area contributed by atoms with E-state index in [4.69, 9.17) is 4.74 Å². The van der Waals surface area contributed by atoms with Crippen molar-refractivity contribution in [2.75, 3.05) is 13.7 Å². The molecule has 1 aromatic rings. The van der Waals surface area contributed by atoms with Gasteiger partial charge in [0.05, 0.1) is 7.11 Å². The van der Waals surface area contributed by atoms with Crippen LogP contribution >= 0.6 is 0 Å². The molecule has 0 saturated carbocycles. The molecule has 1 N–H and O–H groups in total. The lowest BCUT2D eigenvalue weighted by molar-refractivity contribution is 0.414. The molecule has 0 aliphatic carbocycles. The summed E-state index contributed by atoms with van der Waals surface area (Å²) < 4.78 is 5.19. The fraction of sp³-hybridized carbons (Fsp3) is 0.500. The van der Waals surface area contributed by atoms with Crippen molar-refractivity contribution in [2.45, 2.75) is 39.2 Å². The van der Waals surface area contributed by atoms with Crippen LogP contribution in [0.3, 0.4) is 0 Å². The number of rotatable bonds is 3. The lowest BCUT2D eigenvalue weighted by Crippen LogP contribution is -2.38. The predicted octanol–water partition coefficient (Wildman–Crippen LogP) is 3.33. The summed E-state index contributed by atoms with van der Waals surface area (Å²) in [5.41, 5.74) is 4.44. The zero-order valence-electron chi connectivity index (χ0n) is 11.6. The molecule has 1 aliphatic rings. The monoisotopic (exact) mass is 245 g/mol. The second-order valence-electron chi connectivity index (χ2n) is 5.19. The third kappa shape index (κ3) is 3.14. The van der Waals surface area contributed by atoms with Crippen LogP contribution in [0.15, 0.2) is 35.4 Å². The molecule has 98 valence electrons. The smallest absolute Gasteiger partial charge is 0.118 e. The highest BCUT2D eigenvalue weighted by molar-refractivity contribution is 5.30. The van der Waals surface area contributed by atoms with Gasteiger partial charge < -0.3 is 10.1 Å². The number of nitrogens with one attached hydrogen (secondary N) is 1. The molecule has 0 spiro atoms. The van der Waals surface area contributed by atoms with Crippen molar-refractivity contribution < 1.29 is 4.74 Å². The Morgan fingerprint density at radius 1 is 1.28 bits per heavy atom. The van der Waals surface area contributed by atoms with Gasteiger partial charge in [0.2, 0.25) is 0 Å². The van der Waals surface area contributed by atoms with Crippen LogP contribution in [0.1, 0.15) is 32.3 Å². The van der Waals surface area contributed by atoms with Gasteiger partial charge in [-0.15, -0.1) is 0 Å². The van der Waals surface area contributed by atoms with E-state index in [1.807, 2.05) is 12.1 Å². The van der Waals surface area contributed by atoms with Crippen LogP contribution in [0.2, 0.25) is 0 Å². The van der Waals surface area contributed by atoms with Crippen LogP contribution in [0.4, 0.5) is 0 Å². The summed E-state index contributed by atoms with van der Waals surface area (Å²) in [7, 11) is 1.71. The average Bonchev–Trinajstić information content (AvgIpc) is 2.40. The number of benzene rings is 1. The van der Waals surface area contributed by atoms with Gasteiger partial charge in [-0.25, -0.2) is 0 Å². The highest BCUT2D eigenvalue weighted by Crippen LogP contribution is 2.23. The van der Waals surface area contributed by atoms with Crippen LogP contribution in [0, 0.1) is 0 Å². The van der Waals surface area contributed by atoms with Crippen LogP contribution in [-0.4, -0.2) is 19.7 Å². The van der Waals surface area contributed by atoms with E-state index in [-0.39, 0.29) is 0 Å². The number of ether oxygens (including phenoxy) is 1. The first-order valence-electron chi connectivity index (χ1n) is 6.73. The van der Waals surface area contributed by atoms with Crippen LogP contribution < -0.4 is 10.1 Å². The minimum Gasteiger partial charge on any atom is -0.497 e. The van der Waals surface area contributed by atoms with Gasteiger partial charge >= 0.3 is 0 Å². The Morgan fingerprint density at radius 2 is 2.00 bits per heavy atom. The quantitative estimate of drug-likeness (QED) is 0.825. The van der Waals surface area contributed by atoms with Crippen molar-refractivity contribution in [3.63, 3.8) is 0 Å². The Morgan fingerprint density at radius 3 is 2.61 bits per heavy atom. The van der Waals surface area contributed by atoms with Crippen molar-refractivity contribution in [3.8, 4) is 5.75 Å². The van der Waals surface area contributed by atoms with Crippen molar-refractivity contribution >= 4 is 0 Å². The van der Waals surface area contributed by atoms with E-state index in [0.29, 0.717) is 6.04 Å². The SMILES string of the molecule is COc1ccc(C[C@H]2NCCCC2=C(C)C)cc1. The Labute approximate surface area is 110 Å². The van der Waals surface area contributed by atoms with Crippen molar-refractivity contribution in [1.82, 2.24) is 5.32 Å². The first-order valence-corrected chi connectivity index (χ1v) is 6.73. The Bertz CT molecular complexity index is 415. The summed E-state index contributed by atoms with van der Waals surface area (Å²) in [5, 5.41) is 3.64. The van der Waals surface area contributed by atoms with Crippen molar-refractivity contribution in [1.29, 1.82) is 0 Å². The minimum absolute atomic E-state index is 0.511. The zero-order chi connectivity index (χ0) is 13.0. The summed E-state index contributed by atoms with van der Waals surface area (Å²) in [6.45, 7) is 5.59. The molecular formula is C16H23NO. The van der Waals surface area contributed by atoms with E-state index in [2.05, 4.69) is 31.3 Å². The van der Waals surface area contributed by atoms with Crippen molar-refractivity contribution in [3.05, 3.63) is 41.0 Å². The average molecular weight is 245 g/mol. The Balaban J connectivity index is 2.09. The first kappa shape index (κ1) is 13.2. The molecular weight excluding hydrogens is 222 g/mol. The second kappa shape index (κ2) is 6.05. The molecule has 0 radical (unpaired) electrons. The highest BCUT2D eigenvalue weighted by Gasteiger charge is 2.19. The van der Waals surface area contributed by atoms with E-state index in [0.717, 1.165) is 18.7 Å². The molecule has 18 heavy (non-hydrogen) atoms. The predicted molar refractivity (Wildman–Crippen MR) is 76.1 cm³/mol. The van der Waals surface area contributed by atoms with E-state index in [1.165, 1.54) is 24.0 Å². The highest BCUT2D eigenvalue weighted by atomic mass is 16.5. The van der Waals surface area contributed by atoms with Crippen LogP contribution in [0.5, 0.6) is 5.75 Å². The van der Waals surface area contributed by atoms with Gasteiger partial charge in [-0.2, -0.15) is 0 Å². The van der Waals surface area contributed by atoms with E-state index in [1.54, 1.807) is 12.7 Å². The Hall–Kier alpha value is -1.28. The fourth-order valence-corrected chi connectivity index (χ4v) is 2.64. The Kier molecular flexibility index (Phi) is 4.43. The number of hydrogen-bond donors (Lipinski definition) is 1. The second-order valence-corrected chi connectivity index (χ2v) is 5.19. The lowest BCUT2D eigenvalue weighted by atomic mass is 9.89. The normalized spacial score (nSPS) is 19.7. The van der Waals surface area contributed by atoms with Crippen LogP contribution in [-0.2, 0) is 6.42 Å². The van der Waals surface area contributed by atoms with Gasteiger partial charge in [0, 0.05) is 6.04 Å². The molecule has 0 unspecified atom stereocenters. The lowest BCUT2D eigenvalue weighted by Gasteiger charge is -2.28. The minimum atomic E-state index is 0.511. The van der Waals surface area contributed by atoms with Gasteiger partial charge in [-0.3, -0.25) is 0 Å². The van der Waals surface area contributed by atoms with E-state index < -0.39 is 0 Å². The fourth-order valence-electron chi connectivity index (χ4n) is 2.64. The topological polar surface area (TPSA) is 21.3 Å². The molecule has 1 atom stereocenters. The summed E-state index contributed by atoms with van der Waals surface area (Å²) in [6, 6.07) is 8.92. The van der Waals surface area contributed by atoms with Gasteiger partial charge in [0.15, 0.2) is 0 Å². The van der Waals surface area contributed by atoms with E-state index >= 15 is 0 Å². The summed E-state index contributed by atoms with van der Waals surface area (Å²) >= 11 is 0. The molecule has 2 rings (SSSR count). The molecule has 1 aliphatic heterocycles. The first-order chi connectivity index (χ1) is 8.70. The van der Waals surface area contributed by atoms with E-state index in [9.17, 15) is 0 Å². The van der Waals surface area contributed by atoms with Crippen molar-refractivity contribution in [2.24, 2.45) is 0 Å². The number of hydrogen-bond acceptors (Lipinski definition) is 2. The maximum absolute atomic E-state index is 5.19. The molecule has 0 amide bonds. The molecule has 2 nitrogen and oxygen atoms in total. The molecule has 1 heterocycles. The molecule has 1 aromatic carbocycles. The number of methoxy groups -OCH3 is 1. The van der Waals surface area contributed by atoms with Gasteiger partial charge in [-0.1, -0.05) is 23.3 Å². The third-order valence-corrected chi connectivity index (χ3v) is 3.68. The zero-order valence-corrected chi connectivity index (χ0v) is 11.6.